The summed E-state index contributed by atoms with van der Waals surface area (Å²) >= 11 is 0. The molecule has 1 aromatic carbocycles. The number of aromatic nitrogens is 2. The molecule has 0 aliphatic rings. The molecule has 0 aliphatic heterocycles. The van der Waals surface area contributed by atoms with Gasteiger partial charge in [0, 0.05) is 24.1 Å². The monoisotopic (exact) mass is 247 g/mol. The lowest BCUT2D eigenvalue weighted by molar-refractivity contribution is -0.385. The number of hydrogen-bond acceptors (Lipinski definition) is 4. The molecule has 92 valence electrons. The molecule has 0 amide bonds. The Balaban J connectivity index is 2.60. The summed E-state index contributed by atoms with van der Waals surface area (Å²) in [6, 6.07) is 3.92. The van der Waals surface area contributed by atoms with Crippen molar-refractivity contribution >= 4 is 11.7 Å². The molecule has 2 aromatic rings. The van der Waals surface area contributed by atoms with E-state index in [9.17, 15) is 14.9 Å². The van der Waals surface area contributed by atoms with Gasteiger partial charge in [-0.25, -0.2) is 9.78 Å². The van der Waals surface area contributed by atoms with Gasteiger partial charge in [0.2, 0.25) is 0 Å². The van der Waals surface area contributed by atoms with Crippen molar-refractivity contribution in [2.75, 3.05) is 0 Å². The van der Waals surface area contributed by atoms with E-state index in [0.717, 1.165) is 0 Å². The molecule has 7 heteroatoms. The summed E-state index contributed by atoms with van der Waals surface area (Å²) in [5.41, 5.74) is -0.248. The van der Waals surface area contributed by atoms with Crippen molar-refractivity contribution in [1.82, 2.24) is 9.55 Å². The van der Waals surface area contributed by atoms with Crippen LogP contribution < -0.4 is 0 Å². The van der Waals surface area contributed by atoms with E-state index in [1.54, 1.807) is 23.9 Å². The summed E-state index contributed by atoms with van der Waals surface area (Å²) in [6.07, 6.45) is 3.22. The fraction of sp³-hybridized carbons (Fsp3) is 0.0909. The average molecular weight is 247 g/mol. The molecule has 0 radical (unpaired) electrons. The van der Waals surface area contributed by atoms with Crippen LogP contribution in [-0.4, -0.2) is 25.6 Å². The van der Waals surface area contributed by atoms with E-state index in [0.29, 0.717) is 11.5 Å². The van der Waals surface area contributed by atoms with E-state index in [1.165, 1.54) is 18.2 Å². The maximum Gasteiger partial charge on any atom is 0.342 e. The van der Waals surface area contributed by atoms with Gasteiger partial charge in [-0.1, -0.05) is 0 Å². The molecule has 0 spiro atoms. The highest BCUT2D eigenvalue weighted by atomic mass is 16.6. The maximum atomic E-state index is 11.0. The molecule has 18 heavy (non-hydrogen) atoms. The van der Waals surface area contributed by atoms with E-state index >= 15 is 0 Å². The zero-order chi connectivity index (χ0) is 13.3. The third kappa shape index (κ3) is 1.93. The standard InChI is InChI=1S/C11H9N3O4/c1-7-12-4-5-13(7)8-2-3-10(14(17)18)9(6-8)11(15)16/h2-6H,1H3,(H,15,16). The first kappa shape index (κ1) is 11.8. The van der Waals surface area contributed by atoms with Crippen LogP contribution in [0.3, 0.4) is 0 Å². The normalized spacial score (nSPS) is 10.3. The average Bonchev–Trinajstić information content (AvgIpc) is 2.74. The van der Waals surface area contributed by atoms with Crippen LogP contribution in [0.2, 0.25) is 0 Å². The van der Waals surface area contributed by atoms with Crippen molar-refractivity contribution in [3.8, 4) is 5.69 Å². The number of hydrogen-bond donors (Lipinski definition) is 1. The molecular formula is C11H9N3O4. The molecule has 1 aromatic heterocycles. The lowest BCUT2D eigenvalue weighted by Gasteiger charge is -2.06. The minimum atomic E-state index is -1.33. The van der Waals surface area contributed by atoms with Crippen molar-refractivity contribution in [2.45, 2.75) is 6.92 Å². The highest BCUT2D eigenvalue weighted by Crippen LogP contribution is 2.22. The van der Waals surface area contributed by atoms with Crippen LogP contribution in [0.15, 0.2) is 30.6 Å². The molecule has 0 atom stereocenters. The number of imidazole rings is 1. The van der Waals surface area contributed by atoms with Gasteiger partial charge in [0.15, 0.2) is 0 Å². The molecule has 0 bridgehead atoms. The molecule has 7 nitrogen and oxygen atoms in total. The second-order valence-electron chi connectivity index (χ2n) is 3.61. The summed E-state index contributed by atoms with van der Waals surface area (Å²) in [5, 5.41) is 19.7. The van der Waals surface area contributed by atoms with Gasteiger partial charge in [0.1, 0.15) is 11.4 Å². The van der Waals surface area contributed by atoms with Crippen molar-refractivity contribution in [3.63, 3.8) is 0 Å². The van der Waals surface area contributed by atoms with Crippen LogP contribution >= 0.6 is 0 Å². The first-order valence-electron chi connectivity index (χ1n) is 5.03. The topological polar surface area (TPSA) is 98.3 Å². The Morgan fingerprint density at radius 1 is 1.50 bits per heavy atom. The summed E-state index contributed by atoms with van der Waals surface area (Å²) in [7, 11) is 0. The third-order valence-corrected chi connectivity index (χ3v) is 2.51. The summed E-state index contributed by atoms with van der Waals surface area (Å²) in [4.78, 5) is 25.0. The molecular weight excluding hydrogens is 238 g/mol. The van der Waals surface area contributed by atoms with E-state index in [4.69, 9.17) is 5.11 Å². The number of aryl methyl sites for hydroxylation is 1. The highest BCUT2D eigenvalue weighted by molar-refractivity contribution is 5.93. The number of rotatable bonds is 3. The lowest BCUT2D eigenvalue weighted by Crippen LogP contribution is -2.05. The van der Waals surface area contributed by atoms with Crippen molar-refractivity contribution in [3.05, 3.63) is 52.1 Å². The van der Waals surface area contributed by atoms with Crippen LogP contribution in [0, 0.1) is 17.0 Å². The quantitative estimate of drug-likeness (QED) is 0.658. The Morgan fingerprint density at radius 3 is 2.72 bits per heavy atom. The number of carbonyl (C=O) groups is 1. The second-order valence-corrected chi connectivity index (χ2v) is 3.61. The Morgan fingerprint density at radius 2 is 2.22 bits per heavy atom. The van der Waals surface area contributed by atoms with E-state index in [-0.39, 0.29) is 5.56 Å². The Kier molecular flexibility index (Phi) is 2.80. The zero-order valence-electron chi connectivity index (χ0n) is 9.40. The molecule has 0 saturated carbocycles. The summed E-state index contributed by atoms with van der Waals surface area (Å²) in [6.45, 7) is 1.75. The van der Waals surface area contributed by atoms with Gasteiger partial charge in [0.05, 0.1) is 4.92 Å². The van der Waals surface area contributed by atoms with E-state index in [1.807, 2.05) is 0 Å². The minimum absolute atomic E-state index is 0.342. The minimum Gasteiger partial charge on any atom is -0.477 e. The van der Waals surface area contributed by atoms with Crippen LogP contribution in [0.4, 0.5) is 5.69 Å². The number of nitro benzene ring substituents is 1. The van der Waals surface area contributed by atoms with Crippen molar-refractivity contribution in [2.24, 2.45) is 0 Å². The molecule has 0 saturated heterocycles. The molecule has 0 aliphatic carbocycles. The summed E-state index contributed by atoms with van der Waals surface area (Å²) in [5.74, 6) is -0.665. The van der Waals surface area contributed by atoms with Gasteiger partial charge in [-0.3, -0.25) is 10.1 Å². The third-order valence-electron chi connectivity index (χ3n) is 2.51. The molecule has 1 heterocycles. The number of benzene rings is 1. The smallest absolute Gasteiger partial charge is 0.342 e. The van der Waals surface area contributed by atoms with Gasteiger partial charge >= 0.3 is 5.97 Å². The summed E-state index contributed by atoms with van der Waals surface area (Å²) < 4.78 is 1.65. The maximum absolute atomic E-state index is 11.0. The van der Waals surface area contributed by atoms with Crippen LogP contribution in [0.5, 0.6) is 0 Å². The van der Waals surface area contributed by atoms with Crippen LogP contribution in [-0.2, 0) is 0 Å². The number of nitrogens with zero attached hydrogens (tertiary/aromatic N) is 3. The Bertz CT molecular complexity index is 633. The molecule has 0 fully saturated rings. The Labute approximate surface area is 101 Å². The fourth-order valence-corrected chi connectivity index (χ4v) is 1.66. The van der Waals surface area contributed by atoms with Crippen molar-refractivity contribution in [1.29, 1.82) is 0 Å². The first-order valence-corrected chi connectivity index (χ1v) is 5.03. The van der Waals surface area contributed by atoms with Gasteiger partial charge in [-0.15, -0.1) is 0 Å². The van der Waals surface area contributed by atoms with E-state index in [2.05, 4.69) is 4.98 Å². The molecule has 2 rings (SSSR count). The number of carboxylic acids is 1. The number of aromatic carboxylic acids is 1. The SMILES string of the molecule is Cc1nccn1-c1ccc([N+](=O)[O-])c(C(=O)O)c1. The Hall–Kier alpha value is -2.70. The van der Waals surface area contributed by atoms with Gasteiger partial charge in [0.25, 0.3) is 5.69 Å². The second kappa shape index (κ2) is 4.28. The highest BCUT2D eigenvalue weighted by Gasteiger charge is 2.20. The predicted octanol–water partition coefficient (Wildman–Crippen LogP) is 1.79. The van der Waals surface area contributed by atoms with E-state index < -0.39 is 16.6 Å². The zero-order valence-corrected chi connectivity index (χ0v) is 9.40. The number of nitro groups is 1. The van der Waals surface area contributed by atoms with Gasteiger partial charge in [-0.2, -0.15) is 0 Å². The predicted molar refractivity (Wildman–Crippen MR) is 61.9 cm³/mol. The largest absolute Gasteiger partial charge is 0.477 e. The fourth-order valence-electron chi connectivity index (χ4n) is 1.66. The van der Waals surface area contributed by atoms with Crippen LogP contribution in [0.25, 0.3) is 5.69 Å². The van der Waals surface area contributed by atoms with Gasteiger partial charge in [-0.05, 0) is 19.1 Å². The molecule has 1 N–H and O–H groups in total. The number of carboxylic acid groups (broad SMARTS) is 1. The van der Waals surface area contributed by atoms with Crippen LogP contribution in [0.1, 0.15) is 16.2 Å². The van der Waals surface area contributed by atoms with Gasteiger partial charge < -0.3 is 9.67 Å². The first-order chi connectivity index (χ1) is 8.50. The lowest BCUT2D eigenvalue weighted by atomic mass is 10.1. The van der Waals surface area contributed by atoms with Crippen molar-refractivity contribution < 1.29 is 14.8 Å². The molecule has 0 unspecified atom stereocenters.